The van der Waals surface area contributed by atoms with Crippen molar-refractivity contribution in [2.75, 3.05) is 39.9 Å². The fourth-order valence-corrected chi connectivity index (χ4v) is 3.65. The number of hydrogen-bond donors (Lipinski definition) is 0. The highest BCUT2D eigenvalue weighted by atomic mass is 16.5. The highest BCUT2D eigenvalue weighted by Gasteiger charge is 2.36. The highest BCUT2D eigenvalue weighted by Crippen LogP contribution is 2.20. The number of nitrogens with zero attached hydrogens (tertiary/aromatic N) is 4. The van der Waals surface area contributed by atoms with Gasteiger partial charge in [-0.25, -0.2) is 4.98 Å². The Kier molecular flexibility index (Phi) is 3.82. The monoisotopic (exact) mass is 328 g/mol. The number of carbonyl (C=O) groups is 1. The van der Waals surface area contributed by atoms with Gasteiger partial charge in [0.2, 0.25) is 0 Å². The van der Waals surface area contributed by atoms with Crippen molar-refractivity contribution >= 4 is 11.6 Å². The topological polar surface area (TPSA) is 67.2 Å². The summed E-state index contributed by atoms with van der Waals surface area (Å²) in [5.41, 5.74) is 0.337. The molecule has 126 valence electrons. The molecule has 2 atom stereocenters. The molecule has 7 heteroatoms. The van der Waals surface area contributed by atoms with Crippen molar-refractivity contribution in [3.63, 3.8) is 0 Å². The third kappa shape index (κ3) is 2.59. The summed E-state index contributed by atoms with van der Waals surface area (Å²) < 4.78 is 7.12. The fourth-order valence-electron chi connectivity index (χ4n) is 3.65. The van der Waals surface area contributed by atoms with Gasteiger partial charge in [-0.2, -0.15) is 0 Å². The third-order valence-corrected chi connectivity index (χ3v) is 4.76. The van der Waals surface area contributed by atoms with Crippen LogP contribution in [0.4, 0.5) is 0 Å². The summed E-state index contributed by atoms with van der Waals surface area (Å²) >= 11 is 0. The molecule has 0 aromatic carbocycles. The minimum absolute atomic E-state index is 0.0362. The van der Waals surface area contributed by atoms with E-state index in [1.165, 1.54) is 10.6 Å². The Hall–Kier alpha value is -2.25. The molecule has 7 nitrogen and oxygen atoms in total. The number of carbonyl (C=O) groups excluding carboxylic acids is 1. The van der Waals surface area contributed by atoms with E-state index in [9.17, 15) is 9.59 Å². The van der Waals surface area contributed by atoms with Crippen molar-refractivity contribution in [1.29, 1.82) is 0 Å². The molecule has 0 saturated carbocycles. The predicted octanol–water partition coefficient (Wildman–Crippen LogP) is 0.0971. The molecule has 1 amide bonds. The Labute approximate surface area is 139 Å². The zero-order valence-corrected chi connectivity index (χ0v) is 13.6. The maximum absolute atomic E-state index is 13.1. The molecular weight excluding hydrogens is 308 g/mol. The average Bonchev–Trinajstić information content (AvgIpc) is 2.85. The second kappa shape index (κ2) is 5.99. The molecule has 2 aliphatic rings. The first-order chi connectivity index (χ1) is 11.6. The van der Waals surface area contributed by atoms with Gasteiger partial charge in [-0.3, -0.25) is 14.0 Å². The number of aromatic nitrogens is 2. The van der Waals surface area contributed by atoms with Crippen LogP contribution in [0.15, 0.2) is 35.4 Å². The van der Waals surface area contributed by atoms with Gasteiger partial charge < -0.3 is 14.5 Å². The first-order valence-corrected chi connectivity index (χ1v) is 8.17. The van der Waals surface area contributed by atoms with Crippen LogP contribution in [0, 0.1) is 5.92 Å². The van der Waals surface area contributed by atoms with Crippen LogP contribution >= 0.6 is 0 Å². The molecular formula is C17H20N4O3. The van der Waals surface area contributed by atoms with E-state index >= 15 is 0 Å². The number of hydrogen-bond acceptors (Lipinski definition) is 5. The van der Waals surface area contributed by atoms with E-state index in [1.807, 2.05) is 6.07 Å². The van der Waals surface area contributed by atoms with Gasteiger partial charge in [-0.05, 0) is 19.2 Å². The van der Waals surface area contributed by atoms with Gasteiger partial charge in [0.05, 0.1) is 19.3 Å². The molecule has 2 aliphatic heterocycles. The Morgan fingerprint density at radius 1 is 1.25 bits per heavy atom. The predicted molar refractivity (Wildman–Crippen MR) is 88.1 cm³/mol. The van der Waals surface area contributed by atoms with Gasteiger partial charge in [0.1, 0.15) is 11.2 Å². The fraction of sp³-hybridized carbons (Fsp3) is 0.471. The zero-order chi connectivity index (χ0) is 16.7. The summed E-state index contributed by atoms with van der Waals surface area (Å²) in [4.78, 5) is 34.0. The largest absolute Gasteiger partial charge is 0.379 e. The lowest BCUT2D eigenvalue weighted by Gasteiger charge is -2.29. The quantitative estimate of drug-likeness (QED) is 0.743. The molecule has 4 rings (SSSR count). The summed E-state index contributed by atoms with van der Waals surface area (Å²) in [5, 5.41) is 0. The second-order valence-electron chi connectivity index (χ2n) is 6.64. The van der Waals surface area contributed by atoms with Crippen molar-refractivity contribution in [2.24, 2.45) is 5.92 Å². The van der Waals surface area contributed by atoms with Gasteiger partial charge >= 0.3 is 0 Å². The molecule has 0 aliphatic carbocycles. The molecule has 0 N–H and O–H groups in total. The lowest BCUT2D eigenvalue weighted by Crippen LogP contribution is -2.47. The van der Waals surface area contributed by atoms with Gasteiger partial charge in [0, 0.05) is 37.9 Å². The zero-order valence-electron chi connectivity index (χ0n) is 13.6. The summed E-state index contributed by atoms with van der Waals surface area (Å²) in [6.45, 7) is 3.43. The van der Waals surface area contributed by atoms with E-state index in [2.05, 4.69) is 16.9 Å². The standard InChI is InChI=1S/C17H20N4O3/c1-19-7-12-8-21(13(9-19)11-24-10-12)17(23)14-6-18-15-4-2-3-5-20(15)16(14)22/h2-6,12-13H,7-11H2,1H3/t12-,13-/m0/s1. The SMILES string of the molecule is CN1C[C@@H]2COC[C@H](C1)N(C(=O)c1cnc3ccccn3c1=O)C2. The van der Waals surface area contributed by atoms with Crippen molar-refractivity contribution in [1.82, 2.24) is 19.2 Å². The van der Waals surface area contributed by atoms with Crippen molar-refractivity contribution < 1.29 is 9.53 Å². The van der Waals surface area contributed by atoms with E-state index in [0.29, 0.717) is 25.4 Å². The third-order valence-electron chi connectivity index (χ3n) is 4.76. The molecule has 24 heavy (non-hydrogen) atoms. The summed E-state index contributed by atoms with van der Waals surface area (Å²) in [6, 6.07) is 5.28. The van der Waals surface area contributed by atoms with Crippen LogP contribution < -0.4 is 5.56 Å². The number of amides is 1. The molecule has 4 heterocycles. The number of pyridine rings is 1. The molecule has 2 aromatic heterocycles. The highest BCUT2D eigenvalue weighted by molar-refractivity contribution is 5.94. The minimum atomic E-state index is -0.321. The average molecular weight is 328 g/mol. The van der Waals surface area contributed by atoms with E-state index in [1.54, 1.807) is 23.2 Å². The summed E-state index contributed by atoms with van der Waals surface area (Å²) in [6.07, 6.45) is 3.04. The van der Waals surface area contributed by atoms with Gasteiger partial charge in [0.25, 0.3) is 11.5 Å². The van der Waals surface area contributed by atoms with E-state index in [4.69, 9.17) is 4.74 Å². The van der Waals surface area contributed by atoms with Gasteiger partial charge in [-0.15, -0.1) is 0 Å². The molecule has 0 unspecified atom stereocenters. The summed E-state index contributed by atoms with van der Waals surface area (Å²) in [7, 11) is 2.06. The summed E-state index contributed by atoms with van der Waals surface area (Å²) in [5.74, 6) is 0.0178. The smallest absolute Gasteiger partial charge is 0.270 e. The Balaban J connectivity index is 1.73. The molecule has 0 radical (unpaired) electrons. The first-order valence-electron chi connectivity index (χ1n) is 8.17. The van der Waals surface area contributed by atoms with Crippen LogP contribution in [0.25, 0.3) is 5.65 Å². The van der Waals surface area contributed by atoms with E-state index < -0.39 is 0 Å². The second-order valence-corrected chi connectivity index (χ2v) is 6.64. The molecule has 2 saturated heterocycles. The lowest BCUT2D eigenvalue weighted by molar-refractivity contribution is 0.0482. The molecule has 2 fully saturated rings. The van der Waals surface area contributed by atoms with Crippen molar-refractivity contribution in [3.05, 3.63) is 46.5 Å². The van der Waals surface area contributed by atoms with Gasteiger partial charge in [0.15, 0.2) is 0 Å². The number of rotatable bonds is 1. The van der Waals surface area contributed by atoms with Crippen LogP contribution in [-0.4, -0.2) is 71.0 Å². The lowest BCUT2D eigenvalue weighted by atomic mass is 10.1. The van der Waals surface area contributed by atoms with Crippen LogP contribution in [0.2, 0.25) is 0 Å². The molecule has 0 spiro atoms. The minimum Gasteiger partial charge on any atom is -0.379 e. The maximum atomic E-state index is 13.1. The number of likely N-dealkylation sites (N-methyl/N-ethyl adjacent to an activating group) is 1. The van der Waals surface area contributed by atoms with Crippen molar-refractivity contribution in [2.45, 2.75) is 6.04 Å². The van der Waals surface area contributed by atoms with Gasteiger partial charge in [-0.1, -0.05) is 6.07 Å². The normalized spacial score (nSPS) is 24.8. The van der Waals surface area contributed by atoms with Crippen LogP contribution in [0.3, 0.4) is 0 Å². The van der Waals surface area contributed by atoms with Crippen LogP contribution in [0.5, 0.6) is 0 Å². The Bertz CT molecular complexity index is 834. The number of fused-ring (bicyclic) bond motifs is 4. The molecule has 2 aromatic rings. The number of ether oxygens (including phenoxy) is 1. The van der Waals surface area contributed by atoms with Crippen LogP contribution in [-0.2, 0) is 4.74 Å². The maximum Gasteiger partial charge on any atom is 0.270 e. The molecule has 2 bridgehead atoms. The van der Waals surface area contributed by atoms with E-state index in [0.717, 1.165) is 13.1 Å². The van der Waals surface area contributed by atoms with E-state index in [-0.39, 0.29) is 29.0 Å². The Morgan fingerprint density at radius 3 is 3.00 bits per heavy atom. The Morgan fingerprint density at radius 2 is 2.12 bits per heavy atom. The van der Waals surface area contributed by atoms with Crippen molar-refractivity contribution in [3.8, 4) is 0 Å². The first kappa shape index (κ1) is 15.3. The van der Waals surface area contributed by atoms with Crippen LogP contribution in [0.1, 0.15) is 10.4 Å².